The lowest BCUT2D eigenvalue weighted by Gasteiger charge is -2.30. The van der Waals surface area contributed by atoms with Crippen molar-refractivity contribution in [3.05, 3.63) is 28.2 Å². The second-order valence-corrected chi connectivity index (χ2v) is 8.79. The average Bonchev–Trinajstić information content (AvgIpc) is 2.49. The summed E-state index contributed by atoms with van der Waals surface area (Å²) in [5.41, 5.74) is 3.16. The molecule has 0 aliphatic carbocycles. The summed E-state index contributed by atoms with van der Waals surface area (Å²) in [4.78, 5) is 13.9. The van der Waals surface area contributed by atoms with E-state index in [9.17, 15) is 13.2 Å². The molecule has 0 saturated carbocycles. The van der Waals surface area contributed by atoms with Gasteiger partial charge in [0.1, 0.15) is 0 Å². The number of carbonyl (C=O) groups is 1. The van der Waals surface area contributed by atoms with E-state index in [1.54, 1.807) is 12.1 Å². The van der Waals surface area contributed by atoms with Crippen molar-refractivity contribution < 1.29 is 18.1 Å². The van der Waals surface area contributed by atoms with Crippen molar-refractivity contribution in [1.82, 2.24) is 14.7 Å². The summed E-state index contributed by atoms with van der Waals surface area (Å²) in [6.07, 6.45) is 0. The predicted octanol–water partition coefficient (Wildman–Crippen LogP) is -0.825. The fourth-order valence-corrected chi connectivity index (χ4v) is 4.09. The van der Waals surface area contributed by atoms with Gasteiger partial charge >= 0.3 is 0 Å². The first-order chi connectivity index (χ1) is 10.7. The van der Waals surface area contributed by atoms with Crippen LogP contribution in [0.15, 0.2) is 27.6 Å². The highest BCUT2D eigenvalue weighted by Gasteiger charge is 2.23. The number of nitrogens with one attached hydrogen (secondary N) is 2. The van der Waals surface area contributed by atoms with Crippen LogP contribution < -0.4 is 10.3 Å². The minimum absolute atomic E-state index is 0.0815. The number of carbonyl (C=O) groups excluding carboxylic acids is 1. The molecule has 0 aromatic heterocycles. The fourth-order valence-electron chi connectivity index (χ4n) is 2.25. The minimum Gasteiger partial charge on any atom is -0.335 e. The maximum absolute atomic E-state index is 12.4. The van der Waals surface area contributed by atoms with Crippen molar-refractivity contribution in [3.63, 3.8) is 0 Å². The van der Waals surface area contributed by atoms with Crippen LogP contribution in [0, 0.1) is 0 Å². The normalized spacial score (nSPS) is 17.4. The van der Waals surface area contributed by atoms with Crippen LogP contribution in [0.4, 0.5) is 0 Å². The molecule has 1 amide bonds. The first-order valence-corrected chi connectivity index (χ1v) is 9.54. The van der Waals surface area contributed by atoms with E-state index in [1.807, 2.05) is 5.01 Å². The van der Waals surface area contributed by atoms with Crippen molar-refractivity contribution in [3.8, 4) is 0 Å². The average molecular weight is 406 g/mol. The van der Waals surface area contributed by atoms with Gasteiger partial charge in [-0.05, 0) is 34.1 Å². The first kappa shape index (κ1) is 18.3. The van der Waals surface area contributed by atoms with E-state index >= 15 is 0 Å². The third-order valence-corrected chi connectivity index (χ3v) is 6.64. The standard InChI is InChI=1S/C14H21BrN4O3S/c1-17(2)23(21,22)13-10-11(4-5-12(13)15)14(20)16-19-8-6-18(3)7-9-19/h4-5,10H,6-9H2,1-3H3,(H,16,20)/p+1. The Bertz CT molecular complexity index is 685. The smallest absolute Gasteiger partial charge is 0.265 e. The Morgan fingerprint density at radius 2 is 1.91 bits per heavy atom. The molecule has 23 heavy (non-hydrogen) atoms. The number of benzene rings is 1. The Kier molecular flexibility index (Phi) is 5.79. The Morgan fingerprint density at radius 3 is 2.48 bits per heavy atom. The molecule has 0 radical (unpaired) electrons. The molecule has 1 aliphatic rings. The van der Waals surface area contributed by atoms with Crippen molar-refractivity contribution in [2.45, 2.75) is 4.90 Å². The summed E-state index contributed by atoms with van der Waals surface area (Å²) in [6.45, 7) is 3.47. The molecule has 0 bridgehead atoms. The van der Waals surface area contributed by atoms with Crippen LogP contribution >= 0.6 is 15.9 Å². The zero-order valence-electron chi connectivity index (χ0n) is 13.5. The third-order valence-electron chi connectivity index (χ3n) is 3.83. The molecule has 0 atom stereocenters. The molecular weight excluding hydrogens is 384 g/mol. The lowest BCUT2D eigenvalue weighted by Crippen LogP contribution is -3.12. The molecule has 0 unspecified atom stereocenters. The number of sulfonamides is 1. The summed E-state index contributed by atoms with van der Waals surface area (Å²) in [7, 11) is 1.42. The van der Waals surface area contributed by atoms with Crippen molar-refractivity contribution in [2.24, 2.45) is 0 Å². The second kappa shape index (κ2) is 7.27. The molecule has 9 heteroatoms. The molecule has 1 aliphatic heterocycles. The molecular formula is C14H22BrN4O3S+. The zero-order chi connectivity index (χ0) is 17.2. The SMILES string of the molecule is CN(C)S(=O)(=O)c1cc(C(=O)NN2CC[NH+](C)CC2)ccc1Br. The highest BCUT2D eigenvalue weighted by atomic mass is 79.9. The number of rotatable bonds is 4. The van der Waals surface area contributed by atoms with Crippen LogP contribution in [0.5, 0.6) is 0 Å². The number of halogens is 1. The van der Waals surface area contributed by atoms with Gasteiger partial charge in [0.05, 0.1) is 38.1 Å². The minimum atomic E-state index is -3.61. The quantitative estimate of drug-likeness (QED) is 0.685. The Hall–Kier alpha value is -1.00. The maximum atomic E-state index is 12.4. The Labute approximate surface area is 145 Å². The van der Waals surface area contributed by atoms with Gasteiger partial charge in [0.15, 0.2) is 0 Å². The summed E-state index contributed by atoms with van der Waals surface area (Å²) in [6, 6.07) is 4.59. The fraction of sp³-hybridized carbons (Fsp3) is 0.500. The van der Waals surface area contributed by atoms with E-state index in [-0.39, 0.29) is 10.8 Å². The van der Waals surface area contributed by atoms with Gasteiger partial charge in [-0.25, -0.2) is 17.7 Å². The lowest BCUT2D eigenvalue weighted by atomic mass is 10.2. The molecule has 7 nitrogen and oxygen atoms in total. The number of piperazine rings is 1. The van der Waals surface area contributed by atoms with Crippen molar-refractivity contribution in [2.75, 3.05) is 47.3 Å². The molecule has 1 heterocycles. The van der Waals surface area contributed by atoms with Crippen molar-refractivity contribution in [1.29, 1.82) is 0 Å². The molecule has 2 N–H and O–H groups in total. The number of hydrazine groups is 1. The molecule has 1 saturated heterocycles. The predicted molar refractivity (Wildman–Crippen MR) is 90.7 cm³/mol. The molecule has 1 fully saturated rings. The van der Waals surface area contributed by atoms with Gasteiger partial charge in [0.25, 0.3) is 5.91 Å². The molecule has 0 spiro atoms. The van der Waals surface area contributed by atoms with Gasteiger partial charge in [0.2, 0.25) is 10.0 Å². The monoisotopic (exact) mass is 405 g/mol. The number of quaternary nitrogens is 1. The van der Waals surface area contributed by atoms with Gasteiger partial charge in [-0.1, -0.05) is 0 Å². The van der Waals surface area contributed by atoms with E-state index in [2.05, 4.69) is 28.4 Å². The van der Waals surface area contributed by atoms with Crippen LogP contribution in [0.3, 0.4) is 0 Å². The summed E-state index contributed by atoms with van der Waals surface area (Å²) < 4.78 is 26.2. The highest BCUT2D eigenvalue weighted by Crippen LogP contribution is 2.25. The van der Waals surface area contributed by atoms with Gasteiger partial charge in [0, 0.05) is 24.1 Å². The number of amides is 1. The summed E-state index contributed by atoms with van der Waals surface area (Å²) in [5, 5.41) is 1.87. The molecule has 2 rings (SSSR count). The van der Waals surface area contributed by atoms with Crippen LogP contribution in [-0.2, 0) is 10.0 Å². The summed E-state index contributed by atoms with van der Waals surface area (Å²) in [5.74, 6) is -0.299. The second-order valence-electron chi connectivity index (χ2n) is 5.82. The summed E-state index contributed by atoms with van der Waals surface area (Å²) >= 11 is 3.24. The number of nitrogens with zero attached hydrogens (tertiary/aromatic N) is 2. The lowest BCUT2D eigenvalue weighted by molar-refractivity contribution is -0.884. The third kappa shape index (κ3) is 4.30. The van der Waals surface area contributed by atoms with E-state index < -0.39 is 10.0 Å². The number of hydrogen-bond acceptors (Lipinski definition) is 4. The van der Waals surface area contributed by atoms with Crippen LogP contribution in [0.2, 0.25) is 0 Å². The first-order valence-electron chi connectivity index (χ1n) is 7.31. The van der Waals surface area contributed by atoms with E-state index in [4.69, 9.17) is 0 Å². The van der Waals surface area contributed by atoms with Gasteiger partial charge in [-0.2, -0.15) is 0 Å². The highest BCUT2D eigenvalue weighted by molar-refractivity contribution is 9.10. The Morgan fingerprint density at radius 1 is 1.30 bits per heavy atom. The van der Waals surface area contributed by atoms with Gasteiger partial charge < -0.3 is 4.90 Å². The van der Waals surface area contributed by atoms with Gasteiger partial charge in [-0.3, -0.25) is 10.2 Å². The number of likely N-dealkylation sites (N-methyl/N-ethyl adjacent to an activating group) is 1. The topological polar surface area (TPSA) is 74.2 Å². The van der Waals surface area contributed by atoms with Crippen LogP contribution in [0.25, 0.3) is 0 Å². The van der Waals surface area contributed by atoms with E-state index in [0.29, 0.717) is 10.0 Å². The van der Waals surface area contributed by atoms with Gasteiger partial charge in [-0.15, -0.1) is 0 Å². The van der Waals surface area contributed by atoms with E-state index in [1.165, 1.54) is 25.1 Å². The van der Waals surface area contributed by atoms with E-state index in [0.717, 1.165) is 30.5 Å². The molecule has 1 aromatic rings. The van der Waals surface area contributed by atoms with Crippen LogP contribution in [0.1, 0.15) is 10.4 Å². The maximum Gasteiger partial charge on any atom is 0.265 e. The molecule has 1 aromatic carbocycles. The largest absolute Gasteiger partial charge is 0.335 e. The zero-order valence-corrected chi connectivity index (χ0v) is 15.9. The Balaban J connectivity index is 2.19. The van der Waals surface area contributed by atoms with Crippen molar-refractivity contribution >= 4 is 31.9 Å². The molecule has 128 valence electrons. The van der Waals surface area contributed by atoms with Crippen LogP contribution in [-0.4, -0.2) is 71.0 Å². The number of hydrogen-bond donors (Lipinski definition) is 2.